The first kappa shape index (κ1) is 11.6. The van der Waals surface area contributed by atoms with Crippen molar-refractivity contribution in [2.24, 2.45) is 4.99 Å². The Labute approximate surface area is 78.8 Å². The molecule has 0 aromatic carbocycles. The Morgan fingerprint density at radius 2 is 2.15 bits per heavy atom. The van der Waals surface area contributed by atoms with E-state index in [-0.39, 0.29) is 5.97 Å². The zero-order chi connectivity index (χ0) is 10.3. The van der Waals surface area contributed by atoms with Gasteiger partial charge in [0.25, 0.3) is 0 Å². The van der Waals surface area contributed by atoms with Crippen LogP contribution in [0.3, 0.4) is 0 Å². The fourth-order valence-electron chi connectivity index (χ4n) is 0.540. The van der Waals surface area contributed by atoms with Crippen LogP contribution >= 0.6 is 0 Å². The molecule has 0 atom stereocenters. The van der Waals surface area contributed by atoms with Gasteiger partial charge in [0, 0.05) is 6.20 Å². The molecule has 0 saturated carbocycles. The van der Waals surface area contributed by atoms with Crippen LogP contribution in [0.25, 0.3) is 0 Å². The summed E-state index contributed by atoms with van der Waals surface area (Å²) in [6.45, 7) is 9.17. The van der Waals surface area contributed by atoms with Crippen LogP contribution in [-0.4, -0.2) is 18.3 Å². The van der Waals surface area contributed by atoms with E-state index >= 15 is 0 Å². The maximum atomic E-state index is 11.0. The van der Waals surface area contributed by atoms with Crippen molar-refractivity contribution in [3.05, 3.63) is 24.4 Å². The average Bonchev–Trinajstić information content (AvgIpc) is 2.13. The maximum absolute atomic E-state index is 11.0. The quantitative estimate of drug-likeness (QED) is 0.378. The topological polar surface area (TPSA) is 38.7 Å². The standard InChI is InChI=1S/C10H15NO2/c1-5-8(3)7-11-9(4)10(12)13-6-2/h5,7H,1,6H2,2-4H3/b8-7-,11-9?. The number of hydrogen-bond donors (Lipinski definition) is 0. The second kappa shape index (κ2) is 6.17. The molecule has 13 heavy (non-hydrogen) atoms. The lowest BCUT2D eigenvalue weighted by Crippen LogP contribution is -2.13. The smallest absolute Gasteiger partial charge is 0.352 e. The van der Waals surface area contributed by atoms with Crippen LogP contribution in [0.15, 0.2) is 29.4 Å². The monoisotopic (exact) mass is 181 g/mol. The number of allylic oxidation sites excluding steroid dienone is 2. The zero-order valence-corrected chi connectivity index (χ0v) is 8.33. The second-order valence-electron chi connectivity index (χ2n) is 2.51. The van der Waals surface area contributed by atoms with Crippen molar-refractivity contribution in [1.29, 1.82) is 0 Å². The van der Waals surface area contributed by atoms with Gasteiger partial charge in [-0.3, -0.25) is 4.99 Å². The molecule has 0 radical (unpaired) electrons. The first-order valence-corrected chi connectivity index (χ1v) is 4.12. The molecule has 0 aliphatic heterocycles. The van der Waals surface area contributed by atoms with Crippen LogP contribution < -0.4 is 0 Å². The molecule has 3 heteroatoms. The SMILES string of the molecule is C=C/C(C)=C\N=C(C)C(=O)OCC. The second-order valence-corrected chi connectivity index (χ2v) is 2.51. The van der Waals surface area contributed by atoms with Crippen LogP contribution in [-0.2, 0) is 9.53 Å². The van der Waals surface area contributed by atoms with Crippen molar-refractivity contribution in [2.75, 3.05) is 6.61 Å². The molecule has 0 aliphatic carbocycles. The van der Waals surface area contributed by atoms with E-state index in [2.05, 4.69) is 11.6 Å². The molecular formula is C10H15NO2. The summed E-state index contributed by atoms with van der Waals surface area (Å²) in [5.74, 6) is -0.379. The van der Waals surface area contributed by atoms with Gasteiger partial charge in [-0.15, -0.1) is 0 Å². The number of carbonyl (C=O) groups is 1. The number of rotatable bonds is 4. The van der Waals surface area contributed by atoms with Gasteiger partial charge >= 0.3 is 5.97 Å². The van der Waals surface area contributed by atoms with E-state index in [9.17, 15) is 4.79 Å². The lowest BCUT2D eigenvalue weighted by Gasteiger charge is -1.98. The minimum atomic E-state index is -0.379. The molecule has 0 bridgehead atoms. The number of ether oxygens (including phenoxy) is 1. The third-order valence-corrected chi connectivity index (χ3v) is 1.35. The Balaban J connectivity index is 4.32. The molecular weight excluding hydrogens is 166 g/mol. The zero-order valence-electron chi connectivity index (χ0n) is 8.33. The Hall–Kier alpha value is -1.38. The summed E-state index contributed by atoms with van der Waals surface area (Å²) in [4.78, 5) is 15.0. The molecule has 0 aromatic heterocycles. The van der Waals surface area contributed by atoms with Crippen molar-refractivity contribution in [3.8, 4) is 0 Å². The molecule has 0 fully saturated rings. The van der Waals surface area contributed by atoms with E-state index < -0.39 is 0 Å². The van der Waals surface area contributed by atoms with Crippen LogP contribution in [0.2, 0.25) is 0 Å². The first-order chi connectivity index (χ1) is 6.11. The minimum Gasteiger partial charge on any atom is -0.462 e. The lowest BCUT2D eigenvalue weighted by molar-refractivity contribution is -0.135. The maximum Gasteiger partial charge on any atom is 0.352 e. The van der Waals surface area contributed by atoms with Crippen LogP contribution in [0, 0.1) is 0 Å². The van der Waals surface area contributed by atoms with Crippen LogP contribution in [0.5, 0.6) is 0 Å². The largest absolute Gasteiger partial charge is 0.462 e. The van der Waals surface area contributed by atoms with Gasteiger partial charge in [-0.1, -0.05) is 12.7 Å². The highest BCUT2D eigenvalue weighted by atomic mass is 16.5. The fraction of sp³-hybridized carbons (Fsp3) is 0.400. The highest BCUT2D eigenvalue weighted by Crippen LogP contribution is 1.94. The fourth-order valence-corrected chi connectivity index (χ4v) is 0.540. The van der Waals surface area contributed by atoms with Crippen molar-refractivity contribution >= 4 is 11.7 Å². The Morgan fingerprint density at radius 3 is 2.62 bits per heavy atom. The molecule has 0 heterocycles. The van der Waals surface area contributed by atoms with Gasteiger partial charge in [0.05, 0.1) is 6.61 Å². The molecule has 0 aromatic rings. The molecule has 0 spiro atoms. The molecule has 0 unspecified atom stereocenters. The van der Waals surface area contributed by atoms with E-state index in [4.69, 9.17) is 4.74 Å². The van der Waals surface area contributed by atoms with Gasteiger partial charge in [0.15, 0.2) is 0 Å². The predicted molar refractivity (Wildman–Crippen MR) is 53.7 cm³/mol. The summed E-state index contributed by atoms with van der Waals surface area (Å²) in [5, 5.41) is 0. The predicted octanol–water partition coefficient (Wildman–Crippen LogP) is 2.10. The first-order valence-electron chi connectivity index (χ1n) is 4.12. The van der Waals surface area contributed by atoms with E-state index in [1.807, 2.05) is 6.92 Å². The highest BCUT2D eigenvalue weighted by molar-refractivity contribution is 6.35. The molecule has 0 rings (SSSR count). The van der Waals surface area contributed by atoms with Gasteiger partial charge in [-0.05, 0) is 26.3 Å². The summed E-state index contributed by atoms with van der Waals surface area (Å²) in [6, 6.07) is 0. The molecule has 0 N–H and O–H groups in total. The summed E-state index contributed by atoms with van der Waals surface area (Å²) < 4.78 is 4.74. The lowest BCUT2D eigenvalue weighted by atomic mass is 10.3. The van der Waals surface area contributed by atoms with E-state index in [1.165, 1.54) is 0 Å². The molecule has 0 saturated heterocycles. The summed E-state index contributed by atoms with van der Waals surface area (Å²) in [7, 11) is 0. The number of carbonyl (C=O) groups excluding carboxylic acids is 1. The van der Waals surface area contributed by atoms with E-state index in [0.29, 0.717) is 12.3 Å². The van der Waals surface area contributed by atoms with Gasteiger partial charge in [-0.25, -0.2) is 4.79 Å². The van der Waals surface area contributed by atoms with E-state index in [0.717, 1.165) is 5.57 Å². The van der Waals surface area contributed by atoms with Gasteiger partial charge in [0.1, 0.15) is 5.71 Å². The number of hydrogen-bond acceptors (Lipinski definition) is 3. The van der Waals surface area contributed by atoms with Gasteiger partial charge in [-0.2, -0.15) is 0 Å². The number of nitrogens with zero attached hydrogens (tertiary/aromatic N) is 1. The third-order valence-electron chi connectivity index (χ3n) is 1.35. The molecule has 3 nitrogen and oxygen atoms in total. The van der Waals surface area contributed by atoms with Crippen LogP contribution in [0.1, 0.15) is 20.8 Å². The van der Waals surface area contributed by atoms with Crippen LogP contribution in [0.4, 0.5) is 0 Å². The summed E-state index contributed by atoms with van der Waals surface area (Å²) in [6.07, 6.45) is 3.25. The molecule has 0 aliphatic rings. The Kier molecular flexibility index (Phi) is 5.52. The minimum absolute atomic E-state index is 0.350. The molecule has 0 amide bonds. The third kappa shape index (κ3) is 4.95. The molecule has 72 valence electrons. The van der Waals surface area contributed by atoms with Gasteiger partial charge in [0.2, 0.25) is 0 Å². The van der Waals surface area contributed by atoms with Crippen molar-refractivity contribution in [2.45, 2.75) is 20.8 Å². The van der Waals surface area contributed by atoms with Crippen molar-refractivity contribution < 1.29 is 9.53 Å². The number of esters is 1. The summed E-state index contributed by atoms with van der Waals surface area (Å²) >= 11 is 0. The Morgan fingerprint density at radius 1 is 1.54 bits per heavy atom. The number of aliphatic imine (C=N–C) groups is 1. The normalized spacial score (nSPS) is 12.5. The average molecular weight is 181 g/mol. The van der Waals surface area contributed by atoms with Gasteiger partial charge < -0.3 is 4.74 Å². The van der Waals surface area contributed by atoms with Crippen molar-refractivity contribution in [1.82, 2.24) is 0 Å². The van der Waals surface area contributed by atoms with Crippen molar-refractivity contribution in [3.63, 3.8) is 0 Å². The highest BCUT2D eigenvalue weighted by Gasteiger charge is 2.03. The van der Waals surface area contributed by atoms with E-state index in [1.54, 1.807) is 26.1 Å². The summed E-state index contributed by atoms with van der Waals surface area (Å²) in [5.41, 5.74) is 1.26. The Bertz CT molecular complexity index is 252.